The van der Waals surface area contributed by atoms with Crippen molar-refractivity contribution in [2.45, 2.75) is 31.9 Å². The molecule has 1 aromatic heterocycles. The second-order valence-electron chi connectivity index (χ2n) is 6.71. The highest BCUT2D eigenvalue weighted by molar-refractivity contribution is 5.77. The lowest BCUT2D eigenvalue weighted by Crippen LogP contribution is -2.27. The van der Waals surface area contributed by atoms with Gasteiger partial charge in [0.1, 0.15) is 11.5 Å². The van der Waals surface area contributed by atoms with E-state index in [9.17, 15) is 4.79 Å². The fourth-order valence-electron chi connectivity index (χ4n) is 3.89. The number of hydrogen-bond acceptors (Lipinski definition) is 5. The Morgan fingerprint density at radius 3 is 2.77 bits per heavy atom. The molecule has 1 saturated heterocycles. The van der Waals surface area contributed by atoms with Crippen LogP contribution in [0.5, 0.6) is 11.5 Å². The summed E-state index contributed by atoms with van der Waals surface area (Å²) < 4.78 is 18.6. The average molecular weight is 356 g/mol. The van der Waals surface area contributed by atoms with E-state index >= 15 is 0 Å². The van der Waals surface area contributed by atoms with Gasteiger partial charge in [0, 0.05) is 42.6 Å². The van der Waals surface area contributed by atoms with E-state index < -0.39 is 0 Å². The molecule has 26 heavy (non-hydrogen) atoms. The van der Waals surface area contributed by atoms with Crippen LogP contribution in [0.1, 0.15) is 18.4 Å². The molecule has 2 aliphatic heterocycles. The Balaban J connectivity index is 1.75. The maximum Gasteiger partial charge on any atom is 0.253 e. The fourth-order valence-corrected chi connectivity index (χ4v) is 3.89. The van der Waals surface area contributed by atoms with Gasteiger partial charge in [-0.1, -0.05) is 0 Å². The maximum absolute atomic E-state index is 12.7. The van der Waals surface area contributed by atoms with Crippen LogP contribution in [0.2, 0.25) is 0 Å². The molecule has 1 fully saturated rings. The lowest BCUT2D eigenvalue weighted by atomic mass is 9.95. The second kappa shape index (κ2) is 7.03. The summed E-state index contributed by atoms with van der Waals surface area (Å²) in [6.45, 7) is 2.17. The Morgan fingerprint density at radius 1 is 1.23 bits per heavy atom. The summed E-state index contributed by atoms with van der Waals surface area (Å²) in [5.41, 5.74) is 3.70. The van der Waals surface area contributed by atoms with Gasteiger partial charge in [0.15, 0.2) is 0 Å². The van der Waals surface area contributed by atoms with Gasteiger partial charge in [0.25, 0.3) is 5.56 Å². The van der Waals surface area contributed by atoms with Crippen LogP contribution in [0.4, 0.5) is 5.69 Å². The first-order chi connectivity index (χ1) is 12.7. The molecular weight excluding hydrogens is 332 g/mol. The molecule has 2 aliphatic rings. The zero-order valence-electron chi connectivity index (χ0n) is 15.2. The minimum atomic E-state index is -0.00661. The molecule has 6 nitrogen and oxygen atoms in total. The molecule has 0 saturated carbocycles. The number of nitrogens with zero attached hydrogens (tertiary/aromatic N) is 1. The second-order valence-corrected chi connectivity index (χ2v) is 6.71. The Kier molecular flexibility index (Phi) is 4.59. The summed E-state index contributed by atoms with van der Waals surface area (Å²) in [5.74, 6) is 1.59. The third-order valence-corrected chi connectivity index (χ3v) is 5.20. The van der Waals surface area contributed by atoms with E-state index in [1.54, 1.807) is 20.3 Å². The van der Waals surface area contributed by atoms with E-state index in [1.165, 1.54) is 0 Å². The molecule has 6 heteroatoms. The SMILES string of the molecule is COc1ccc(OC)c2c1CCn1c-2cc(NCC2CCCO2)cc1=O. The van der Waals surface area contributed by atoms with Gasteiger partial charge in [-0.3, -0.25) is 4.79 Å². The first-order valence-electron chi connectivity index (χ1n) is 9.06. The van der Waals surface area contributed by atoms with Crippen molar-refractivity contribution in [2.24, 2.45) is 0 Å². The highest BCUT2D eigenvalue weighted by Crippen LogP contribution is 2.41. The van der Waals surface area contributed by atoms with Crippen LogP contribution in [0.15, 0.2) is 29.1 Å². The Bertz CT molecular complexity index is 869. The highest BCUT2D eigenvalue weighted by Gasteiger charge is 2.25. The van der Waals surface area contributed by atoms with Crippen molar-refractivity contribution in [2.75, 3.05) is 32.7 Å². The first-order valence-corrected chi connectivity index (χ1v) is 9.06. The van der Waals surface area contributed by atoms with Gasteiger partial charge in [-0.15, -0.1) is 0 Å². The number of aromatic nitrogens is 1. The number of ether oxygens (including phenoxy) is 3. The van der Waals surface area contributed by atoms with Crippen LogP contribution in [0, 0.1) is 0 Å². The number of benzene rings is 1. The molecule has 3 heterocycles. The summed E-state index contributed by atoms with van der Waals surface area (Å²) in [4.78, 5) is 12.7. The summed E-state index contributed by atoms with van der Waals surface area (Å²) >= 11 is 0. The van der Waals surface area contributed by atoms with E-state index in [1.807, 2.05) is 22.8 Å². The van der Waals surface area contributed by atoms with E-state index in [-0.39, 0.29) is 11.7 Å². The van der Waals surface area contributed by atoms with Crippen LogP contribution >= 0.6 is 0 Å². The summed E-state index contributed by atoms with van der Waals surface area (Å²) in [5, 5.41) is 3.36. The van der Waals surface area contributed by atoms with Crippen molar-refractivity contribution in [3.8, 4) is 22.8 Å². The van der Waals surface area contributed by atoms with Gasteiger partial charge in [-0.2, -0.15) is 0 Å². The lowest BCUT2D eigenvalue weighted by Gasteiger charge is -2.26. The van der Waals surface area contributed by atoms with E-state index in [2.05, 4.69) is 5.32 Å². The minimum Gasteiger partial charge on any atom is -0.496 e. The van der Waals surface area contributed by atoms with Crippen molar-refractivity contribution >= 4 is 5.69 Å². The molecule has 1 atom stereocenters. The van der Waals surface area contributed by atoms with Crippen LogP contribution in [-0.4, -0.2) is 38.0 Å². The molecule has 1 N–H and O–H groups in total. The average Bonchev–Trinajstić information content (AvgIpc) is 3.18. The van der Waals surface area contributed by atoms with Gasteiger partial charge in [0.2, 0.25) is 0 Å². The fraction of sp³-hybridized carbons (Fsp3) is 0.450. The van der Waals surface area contributed by atoms with Crippen molar-refractivity contribution in [1.29, 1.82) is 0 Å². The third kappa shape index (κ3) is 2.94. The number of anilines is 1. The molecule has 1 aromatic carbocycles. The smallest absolute Gasteiger partial charge is 0.253 e. The predicted octanol–water partition coefficient (Wildman–Crippen LogP) is 2.68. The summed E-state index contributed by atoms with van der Waals surface area (Å²) in [6, 6.07) is 7.50. The normalized spacial score (nSPS) is 18.2. The van der Waals surface area contributed by atoms with Gasteiger partial charge in [-0.25, -0.2) is 0 Å². The molecule has 4 rings (SSSR count). The number of fused-ring (bicyclic) bond motifs is 3. The monoisotopic (exact) mass is 356 g/mol. The molecule has 2 aromatic rings. The molecule has 138 valence electrons. The predicted molar refractivity (Wildman–Crippen MR) is 100 cm³/mol. The molecule has 0 radical (unpaired) electrons. The number of methoxy groups -OCH3 is 2. The number of pyridine rings is 1. The standard InChI is InChI=1S/C20H24N2O4/c1-24-17-5-6-18(25-2)20-15(17)7-8-22-16(20)10-13(11-19(22)23)21-12-14-4-3-9-26-14/h5-6,10-11,14,21H,3-4,7-9,12H2,1-2H3. The quantitative estimate of drug-likeness (QED) is 0.892. The van der Waals surface area contributed by atoms with Gasteiger partial charge < -0.3 is 24.1 Å². The van der Waals surface area contributed by atoms with Crippen LogP contribution in [-0.2, 0) is 17.7 Å². The van der Waals surface area contributed by atoms with Gasteiger partial charge in [0.05, 0.1) is 26.0 Å². The molecular formula is C20H24N2O4. The summed E-state index contributed by atoms with van der Waals surface area (Å²) in [6.07, 6.45) is 3.12. The maximum atomic E-state index is 12.7. The molecule has 0 aliphatic carbocycles. The Labute approximate surface area is 152 Å². The largest absolute Gasteiger partial charge is 0.496 e. The van der Waals surface area contributed by atoms with E-state index in [4.69, 9.17) is 14.2 Å². The first kappa shape index (κ1) is 17.0. The van der Waals surface area contributed by atoms with Gasteiger partial charge in [-0.05, 0) is 37.5 Å². The third-order valence-electron chi connectivity index (χ3n) is 5.20. The molecule has 1 unspecified atom stereocenters. The van der Waals surface area contributed by atoms with Crippen molar-refractivity contribution in [3.63, 3.8) is 0 Å². The number of rotatable bonds is 5. The van der Waals surface area contributed by atoms with E-state index in [0.29, 0.717) is 13.1 Å². The number of nitrogens with one attached hydrogen (secondary N) is 1. The molecule has 0 spiro atoms. The lowest BCUT2D eigenvalue weighted by molar-refractivity contribution is 0.120. The molecule has 0 amide bonds. The topological polar surface area (TPSA) is 61.7 Å². The summed E-state index contributed by atoms with van der Waals surface area (Å²) in [7, 11) is 3.32. The van der Waals surface area contributed by atoms with Crippen LogP contribution in [0.25, 0.3) is 11.3 Å². The van der Waals surface area contributed by atoms with Crippen molar-refractivity contribution < 1.29 is 14.2 Å². The van der Waals surface area contributed by atoms with Crippen molar-refractivity contribution in [1.82, 2.24) is 4.57 Å². The molecule has 0 bridgehead atoms. The van der Waals surface area contributed by atoms with E-state index in [0.717, 1.165) is 59.9 Å². The number of hydrogen-bond donors (Lipinski definition) is 1. The van der Waals surface area contributed by atoms with Crippen LogP contribution in [0.3, 0.4) is 0 Å². The van der Waals surface area contributed by atoms with Gasteiger partial charge >= 0.3 is 0 Å². The van der Waals surface area contributed by atoms with Crippen LogP contribution < -0.4 is 20.3 Å². The Hall–Kier alpha value is -2.47. The zero-order valence-corrected chi connectivity index (χ0v) is 15.2. The highest BCUT2D eigenvalue weighted by atomic mass is 16.5. The van der Waals surface area contributed by atoms with Crippen molar-refractivity contribution in [3.05, 3.63) is 40.2 Å². The minimum absolute atomic E-state index is 0.00661. The zero-order chi connectivity index (χ0) is 18.1. The Morgan fingerprint density at radius 2 is 2.04 bits per heavy atom.